The summed E-state index contributed by atoms with van der Waals surface area (Å²) < 4.78 is 15.4. The first kappa shape index (κ1) is 22.3. The van der Waals surface area contributed by atoms with Gasteiger partial charge in [0.1, 0.15) is 11.4 Å². The largest absolute Gasteiger partial charge is 0.495 e. The maximum Gasteiger partial charge on any atom is 0.355 e. The van der Waals surface area contributed by atoms with Crippen LogP contribution in [-0.2, 0) is 14.3 Å². The molecule has 0 radical (unpaired) electrons. The lowest BCUT2D eigenvalue weighted by Crippen LogP contribution is -2.30. The molecule has 0 fully saturated rings. The first-order valence-electron chi connectivity index (χ1n) is 8.91. The van der Waals surface area contributed by atoms with E-state index in [1.54, 1.807) is 32.9 Å². The number of aryl methyl sites for hydroxylation is 1. The molecule has 9 heteroatoms. The number of methoxy groups -OCH3 is 1. The van der Waals surface area contributed by atoms with Crippen molar-refractivity contribution in [3.8, 4) is 5.75 Å². The molecule has 1 amide bonds. The number of ether oxygens (including phenoxy) is 3. The van der Waals surface area contributed by atoms with Crippen LogP contribution in [0.5, 0.6) is 5.75 Å². The Bertz CT molecular complexity index is 937. The molecule has 1 aromatic carbocycles. The molecular formula is C20H23ClN2O6. The van der Waals surface area contributed by atoms with E-state index in [1.807, 2.05) is 0 Å². The molecule has 0 aliphatic carbocycles. The second-order valence-electron chi connectivity index (χ2n) is 6.23. The van der Waals surface area contributed by atoms with Crippen LogP contribution in [0.2, 0.25) is 5.02 Å². The highest BCUT2D eigenvalue weighted by molar-refractivity contribution is 6.31. The van der Waals surface area contributed by atoms with Gasteiger partial charge in [-0.1, -0.05) is 11.6 Å². The van der Waals surface area contributed by atoms with Crippen molar-refractivity contribution in [3.05, 3.63) is 45.7 Å². The Kier molecular flexibility index (Phi) is 7.28. The molecule has 2 aromatic rings. The Balaban J connectivity index is 2.13. The minimum atomic E-state index is -1.11. The standard InChI is InChI=1S/C20H23ClN2O6/c1-6-28-19(25)16-10(2)17(22-11(16)3)20(26)29-12(4)18(24)23-14-9-13(21)7-8-15(14)27-5/h7-9,12,22H,6H2,1-5H3,(H,23,24)/t12-/m1/s1. The van der Waals surface area contributed by atoms with Crippen molar-refractivity contribution >= 4 is 35.1 Å². The fourth-order valence-electron chi connectivity index (χ4n) is 2.75. The van der Waals surface area contributed by atoms with Crippen LogP contribution in [0.15, 0.2) is 18.2 Å². The van der Waals surface area contributed by atoms with Gasteiger partial charge in [-0.25, -0.2) is 9.59 Å². The molecule has 1 aromatic heterocycles. The van der Waals surface area contributed by atoms with E-state index in [0.717, 1.165) is 0 Å². The van der Waals surface area contributed by atoms with Gasteiger partial charge in [0.2, 0.25) is 0 Å². The third-order valence-electron chi connectivity index (χ3n) is 4.19. The predicted octanol–water partition coefficient (Wildman–Crippen LogP) is 3.65. The molecule has 1 heterocycles. The van der Waals surface area contributed by atoms with Crippen LogP contribution in [-0.4, -0.2) is 42.7 Å². The van der Waals surface area contributed by atoms with Gasteiger partial charge < -0.3 is 24.5 Å². The van der Waals surface area contributed by atoms with Crippen LogP contribution in [0.3, 0.4) is 0 Å². The van der Waals surface area contributed by atoms with Crippen molar-refractivity contribution in [3.63, 3.8) is 0 Å². The minimum absolute atomic E-state index is 0.0885. The molecule has 8 nitrogen and oxygen atoms in total. The number of nitrogens with one attached hydrogen (secondary N) is 2. The molecule has 2 N–H and O–H groups in total. The second kappa shape index (κ2) is 9.47. The van der Waals surface area contributed by atoms with Crippen molar-refractivity contribution in [1.82, 2.24) is 4.98 Å². The van der Waals surface area contributed by atoms with Crippen LogP contribution >= 0.6 is 11.6 Å². The van der Waals surface area contributed by atoms with Gasteiger partial charge in [0.05, 0.1) is 25.0 Å². The molecule has 29 heavy (non-hydrogen) atoms. The molecule has 0 unspecified atom stereocenters. The number of H-pyrrole nitrogens is 1. The summed E-state index contributed by atoms with van der Waals surface area (Å²) in [5.41, 5.74) is 1.60. The van der Waals surface area contributed by atoms with Crippen molar-refractivity contribution < 1.29 is 28.6 Å². The van der Waals surface area contributed by atoms with Gasteiger partial charge in [0, 0.05) is 10.7 Å². The number of esters is 2. The molecular weight excluding hydrogens is 400 g/mol. The zero-order valence-corrected chi connectivity index (χ0v) is 17.6. The van der Waals surface area contributed by atoms with Gasteiger partial charge in [0.15, 0.2) is 6.10 Å². The molecule has 0 bridgehead atoms. The highest BCUT2D eigenvalue weighted by Crippen LogP contribution is 2.28. The lowest BCUT2D eigenvalue weighted by molar-refractivity contribution is -0.123. The molecule has 0 saturated heterocycles. The molecule has 0 spiro atoms. The Morgan fingerprint density at radius 2 is 1.90 bits per heavy atom. The lowest BCUT2D eigenvalue weighted by atomic mass is 10.1. The Morgan fingerprint density at radius 3 is 2.52 bits per heavy atom. The summed E-state index contributed by atoms with van der Waals surface area (Å²) in [7, 11) is 1.46. The number of benzene rings is 1. The van der Waals surface area contributed by atoms with Gasteiger partial charge in [-0.05, 0) is 51.5 Å². The summed E-state index contributed by atoms with van der Waals surface area (Å²) in [4.78, 5) is 39.9. The first-order valence-corrected chi connectivity index (χ1v) is 9.29. The predicted molar refractivity (Wildman–Crippen MR) is 108 cm³/mol. The van der Waals surface area contributed by atoms with Crippen molar-refractivity contribution in [1.29, 1.82) is 0 Å². The molecule has 0 aliphatic rings. The fourth-order valence-corrected chi connectivity index (χ4v) is 2.92. The third kappa shape index (κ3) is 5.08. The Labute approximate surface area is 173 Å². The fraction of sp³-hybridized carbons (Fsp3) is 0.350. The first-order chi connectivity index (χ1) is 13.7. The van der Waals surface area contributed by atoms with Gasteiger partial charge in [-0.3, -0.25) is 4.79 Å². The normalized spacial score (nSPS) is 11.5. The van der Waals surface area contributed by atoms with Gasteiger partial charge in [0.25, 0.3) is 5.91 Å². The second-order valence-corrected chi connectivity index (χ2v) is 6.66. The summed E-state index contributed by atoms with van der Waals surface area (Å²) in [5.74, 6) is -1.44. The number of anilines is 1. The summed E-state index contributed by atoms with van der Waals surface area (Å²) in [5, 5.41) is 3.03. The smallest absolute Gasteiger partial charge is 0.355 e. The average molecular weight is 423 g/mol. The quantitative estimate of drug-likeness (QED) is 0.659. The maximum absolute atomic E-state index is 12.5. The molecule has 2 rings (SSSR count). The summed E-state index contributed by atoms with van der Waals surface area (Å²) in [6.45, 7) is 6.60. The van der Waals surface area contributed by atoms with E-state index in [1.165, 1.54) is 20.1 Å². The number of carbonyl (C=O) groups excluding carboxylic acids is 3. The third-order valence-corrected chi connectivity index (χ3v) is 4.43. The Hall–Kier alpha value is -3.00. The van der Waals surface area contributed by atoms with E-state index in [-0.39, 0.29) is 17.9 Å². The number of rotatable bonds is 7. The SMILES string of the molecule is CCOC(=O)c1c(C)[nH]c(C(=O)O[C@H](C)C(=O)Nc2cc(Cl)ccc2OC)c1C. The van der Waals surface area contributed by atoms with E-state index in [2.05, 4.69) is 10.3 Å². The summed E-state index contributed by atoms with van der Waals surface area (Å²) in [6.07, 6.45) is -1.11. The van der Waals surface area contributed by atoms with Crippen LogP contribution in [0.25, 0.3) is 0 Å². The summed E-state index contributed by atoms with van der Waals surface area (Å²) >= 11 is 5.95. The van der Waals surface area contributed by atoms with E-state index < -0.39 is 23.9 Å². The van der Waals surface area contributed by atoms with Crippen molar-refractivity contribution in [2.45, 2.75) is 33.8 Å². The van der Waals surface area contributed by atoms with Crippen LogP contribution in [0.4, 0.5) is 5.69 Å². The van der Waals surface area contributed by atoms with Gasteiger partial charge >= 0.3 is 11.9 Å². The van der Waals surface area contributed by atoms with E-state index in [0.29, 0.717) is 27.7 Å². The number of hydrogen-bond donors (Lipinski definition) is 2. The van der Waals surface area contributed by atoms with Crippen molar-refractivity contribution in [2.24, 2.45) is 0 Å². The highest BCUT2D eigenvalue weighted by atomic mass is 35.5. The topological polar surface area (TPSA) is 107 Å². The Morgan fingerprint density at radius 1 is 1.21 bits per heavy atom. The average Bonchev–Trinajstić information content (AvgIpc) is 2.96. The van der Waals surface area contributed by atoms with Crippen molar-refractivity contribution in [2.75, 3.05) is 19.0 Å². The van der Waals surface area contributed by atoms with E-state index in [4.69, 9.17) is 25.8 Å². The number of halogens is 1. The molecule has 1 atom stereocenters. The minimum Gasteiger partial charge on any atom is -0.495 e. The van der Waals surface area contributed by atoms with Crippen LogP contribution in [0, 0.1) is 13.8 Å². The number of hydrogen-bond acceptors (Lipinski definition) is 6. The highest BCUT2D eigenvalue weighted by Gasteiger charge is 2.26. The zero-order chi connectivity index (χ0) is 21.7. The monoisotopic (exact) mass is 422 g/mol. The zero-order valence-electron chi connectivity index (χ0n) is 16.8. The molecule has 0 aliphatic heterocycles. The maximum atomic E-state index is 12.5. The van der Waals surface area contributed by atoms with Crippen LogP contribution in [0.1, 0.15) is 46.0 Å². The van der Waals surface area contributed by atoms with E-state index in [9.17, 15) is 14.4 Å². The number of amides is 1. The molecule has 0 saturated carbocycles. The number of carbonyl (C=O) groups is 3. The van der Waals surface area contributed by atoms with Crippen LogP contribution < -0.4 is 10.1 Å². The molecule has 156 valence electrons. The number of aromatic nitrogens is 1. The van der Waals surface area contributed by atoms with E-state index >= 15 is 0 Å². The van der Waals surface area contributed by atoms with Gasteiger partial charge in [-0.2, -0.15) is 0 Å². The summed E-state index contributed by atoms with van der Waals surface area (Å²) in [6, 6.07) is 4.75. The van der Waals surface area contributed by atoms with Gasteiger partial charge in [-0.15, -0.1) is 0 Å². The number of aromatic amines is 1. The lowest BCUT2D eigenvalue weighted by Gasteiger charge is -2.15.